The summed E-state index contributed by atoms with van der Waals surface area (Å²) < 4.78 is 0. The number of carbonyl (C=O) groups excluding carboxylic acids is 1. The molecular weight excluding hydrogens is 268 g/mol. The van der Waals surface area contributed by atoms with Gasteiger partial charge in [0.15, 0.2) is 0 Å². The highest BCUT2D eigenvalue weighted by atomic mass is 16.4. The van der Waals surface area contributed by atoms with Crippen LogP contribution in [0.25, 0.3) is 0 Å². The molecule has 2 N–H and O–H groups in total. The lowest BCUT2D eigenvalue weighted by atomic mass is 9.76. The third-order valence-electron chi connectivity index (χ3n) is 5.44. The van der Waals surface area contributed by atoms with Crippen LogP contribution in [0.15, 0.2) is 0 Å². The number of nitrogens with one attached hydrogen (secondary N) is 1. The second-order valence-corrected chi connectivity index (χ2v) is 6.60. The average Bonchev–Trinajstić information content (AvgIpc) is 3.00. The number of hydrogen-bond acceptors (Lipinski definition) is 2. The molecule has 2 fully saturated rings. The van der Waals surface area contributed by atoms with Crippen molar-refractivity contribution in [2.24, 2.45) is 11.3 Å². The van der Waals surface area contributed by atoms with Crippen molar-refractivity contribution in [1.29, 1.82) is 0 Å². The summed E-state index contributed by atoms with van der Waals surface area (Å²) in [4.78, 5) is 25.3. The Morgan fingerprint density at radius 3 is 2.38 bits per heavy atom. The summed E-state index contributed by atoms with van der Waals surface area (Å²) in [5.74, 6) is 0.0673. The predicted octanol–water partition coefficient (Wildman–Crippen LogP) is 2.85. The number of hydrogen-bond donors (Lipinski definition) is 2. The maximum absolute atomic E-state index is 12.1. The van der Waals surface area contributed by atoms with Crippen molar-refractivity contribution in [3.05, 3.63) is 0 Å². The van der Waals surface area contributed by atoms with Gasteiger partial charge in [0.1, 0.15) is 0 Å². The highest BCUT2D eigenvalue weighted by Gasteiger charge is 2.40. The predicted molar refractivity (Wildman–Crippen MR) is 81.1 cm³/mol. The monoisotopic (exact) mass is 296 g/mol. The Morgan fingerprint density at radius 2 is 1.86 bits per heavy atom. The van der Waals surface area contributed by atoms with Crippen LogP contribution in [0.2, 0.25) is 0 Å². The first kappa shape index (κ1) is 16.1. The van der Waals surface area contributed by atoms with Crippen LogP contribution in [-0.4, -0.2) is 41.6 Å². The third kappa shape index (κ3) is 3.89. The molecule has 2 aliphatic rings. The number of nitrogens with zero attached hydrogens (tertiary/aromatic N) is 1. The van der Waals surface area contributed by atoms with Crippen LogP contribution in [0.5, 0.6) is 0 Å². The molecular formula is C16H28N2O3. The van der Waals surface area contributed by atoms with Crippen LogP contribution >= 0.6 is 0 Å². The molecule has 0 unspecified atom stereocenters. The van der Waals surface area contributed by atoms with Crippen molar-refractivity contribution in [2.75, 3.05) is 19.6 Å². The summed E-state index contributed by atoms with van der Waals surface area (Å²) in [6, 6.07) is -0.0249. The maximum Gasteiger partial charge on any atom is 0.317 e. The molecule has 120 valence electrons. The van der Waals surface area contributed by atoms with Crippen molar-refractivity contribution in [2.45, 2.75) is 58.3 Å². The fourth-order valence-corrected chi connectivity index (χ4v) is 3.65. The molecule has 5 heteroatoms. The Morgan fingerprint density at radius 1 is 1.24 bits per heavy atom. The molecule has 1 saturated carbocycles. The fourth-order valence-electron chi connectivity index (χ4n) is 3.65. The molecule has 1 aliphatic heterocycles. The van der Waals surface area contributed by atoms with E-state index in [0.29, 0.717) is 32.4 Å². The normalized spacial score (nSPS) is 22.2. The first-order chi connectivity index (χ1) is 10.1. The van der Waals surface area contributed by atoms with Crippen molar-refractivity contribution in [3.8, 4) is 0 Å². The number of carbonyl (C=O) groups is 2. The number of piperidine rings is 1. The molecule has 2 amide bonds. The molecule has 0 atom stereocenters. The molecule has 0 aromatic heterocycles. The van der Waals surface area contributed by atoms with Crippen molar-refractivity contribution < 1.29 is 14.7 Å². The molecule has 1 aliphatic carbocycles. The topological polar surface area (TPSA) is 69.6 Å². The fraction of sp³-hybridized carbons (Fsp3) is 0.875. The van der Waals surface area contributed by atoms with Gasteiger partial charge in [-0.25, -0.2) is 4.79 Å². The Hall–Kier alpha value is -1.26. The van der Waals surface area contributed by atoms with Gasteiger partial charge in [-0.2, -0.15) is 0 Å². The van der Waals surface area contributed by atoms with E-state index in [1.54, 1.807) is 4.90 Å². The Bertz CT molecular complexity index is 370. The van der Waals surface area contributed by atoms with E-state index < -0.39 is 11.4 Å². The van der Waals surface area contributed by atoms with Crippen LogP contribution in [0.1, 0.15) is 58.3 Å². The molecule has 21 heavy (non-hydrogen) atoms. The van der Waals surface area contributed by atoms with Gasteiger partial charge in [-0.1, -0.05) is 32.6 Å². The van der Waals surface area contributed by atoms with Crippen LogP contribution in [-0.2, 0) is 4.79 Å². The number of carboxylic acid groups (broad SMARTS) is 1. The third-order valence-corrected chi connectivity index (χ3v) is 5.44. The van der Waals surface area contributed by atoms with Gasteiger partial charge >= 0.3 is 12.0 Å². The molecule has 5 nitrogen and oxygen atoms in total. The van der Waals surface area contributed by atoms with Crippen molar-refractivity contribution in [3.63, 3.8) is 0 Å². The molecule has 0 aromatic carbocycles. The van der Waals surface area contributed by atoms with Gasteiger partial charge in [-0.3, -0.25) is 4.79 Å². The van der Waals surface area contributed by atoms with Crippen molar-refractivity contribution in [1.82, 2.24) is 10.2 Å². The van der Waals surface area contributed by atoms with Crippen molar-refractivity contribution >= 4 is 12.0 Å². The lowest BCUT2D eigenvalue weighted by Crippen LogP contribution is -2.49. The van der Waals surface area contributed by atoms with E-state index in [2.05, 4.69) is 5.32 Å². The van der Waals surface area contributed by atoms with Gasteiger partial charge in [0, 0.05) is 19.6 Å². The van der Waals surface area contributed by atoms with Crippen LogP contribution in [0, 0.1) is 11.3 Å². The zero-order chi connectivity index (χ0) is 15.3. The summed E-state index contributed by atoms with van der Waals surface area (Å²) >= 11 is 0. The van der Waals surface area contributed by atoms with E-state index in [1.807, 2.05) is 6.92 Å². The van der Waals surface area contributed by atoms with Gasteiger partial charge in [-0.05, 0) is 31.6 Å². The molecule has 0 bridgehead atoms. The first-order valence-corrected chi connectivity index (χ1v) is 8.33. The van der Waals surface area contributed by atoms with E-state index in [0.717, 1.165) is 18.9 Å². The minimum Gasteiger partial charge on any atom is -0.481 e. The lowest BCUT2D eigenvalue weighted by molar-refractivity contribution is -0.151. The van der Waals surface area contributed by atoms with E-state index in [4.69, 9.17) is 0 Å². The molecule has 1 saturated heterocycles. The lowest BCUT2D eigenvalue weighted by Gasteiger charge is -2.38. The quantitative estimate of drug-likeness (QED) is 0.819. The molecule has 0 aromatic rings. The summed E-state index contributed by atoms with van der Waals surface area (Å²) in [5, 5.41) is 12.4. The minimum absolute atomic E-state index is 0.0249. The molecule has 0 radical (unpaired) electrons. The van der Waals surface area contributed by atoms with E-state index in [9.17, 15) is 14.7 Å². The summed E-state index contributed by atoms with van der Waals surface area (Å²) in [7, 11) is 0. The number of amides is 2. The molecule has 2 rings (SSSR count). The van der Waals surface area contributed by atoms with Crippen LogP contribution < -0.4 is 5.32 Å². The zero-order valence-corrected chi connectivity index (χ0v) is 13.1. The van der Waals surface area contributed by atoms with E-state index in [-0.39, 0.29) is 6.03 Å². The summed E-state index contributed by atoms with van der Waals surface area (Å²) in [6.07, 6.45) is 8.11. The summed E-state index contributed by atoms with van der Waals surface area (Å²) in [5.41, 5.74) is -0.624. The summed E-state index contributed by atoms with van der Waals surface area (Å²) in [6.45, 7) is 3.77. The number of aliphatic carboxylic acids is 1. The van der Waals surface area contributed by atoms with Gasteiger partial charge in [0.2, 0.25) is 0 Å². The second-order valence-electron chi connectivity index (χ2n) is 6.60. The maximum atomic E-state index is 12.1. The standard InChI is InChI=1S/C16H28N2O3/c1-2-16(14(19)20)8-11-18(12-9-16)15(21)17-10-7-13-5-3-4-6-13/h13H,2-12H2,1H3,(H,17,21)(H,19,20). The highest BCUT2D eigenvalue weighted by Crippen LogP contribution is 2.35. The Kier molecular flexibility index (Phi) is 5.48. The van der Waals surface area contributed by atoms with Gasteiger partial charge < -0.3 is 15.3 Å². The minimum atomic E-state index is -0.716. The van der Waals surface area contributed by atoms with Crippen LogP contribution in [0.4, 0.5) is 4.79 Å². The van der Waals surface area contributed by atoms with Gasteiger partial charge in [0.05, 0.1) is 5.41 Å². The van der Waals surface area contributed by atoms with E-state index >= 15 is 0 Å². The molecule has 1 heterocycles. The largest absolute Gasteiger partial charge is 0.481 e. The number of rotatable bonds is 5. The Labute approximate surface area is 127 Å². The number of urea groups is 1. The van der Waals surface area contributed by atoms with Gasteiger partial charge in [-0.15, -0.1) is 0 Å². The number of likely N-dealkylation sites (tertiary alicyclic amines) is 1. The zero-order valence-electron chi connectivity index (χ0n) is 13.1. The smallest absolute Gasteiger partial charge is 0.317 e. The second kappa shape index (κ2) is 7.14. The molecule has 0 spiro atoms. The SMILES string of the molecule is CCC1(C(=O)O)CCN(C(=O)NCCC2CCCC2)CC1. The number of carboxylic acids is 1. The van der Waals surface area contributed by atoms with E-state index in [1.165, 1.54) is 25.7 Å². The average molecular weight is 296 g/mol. The first-order valence-electron chi connectivity index (χ1n) is 8.33. The highest BCUT2D eigenvalue weighted by molar-refractivity contribution is 5.77. The van der Waals surface area contributed by atoms with Gasteiger partial charge in [0.25, 0.3) is 0 Å². The van der Waals surface area contributed by atoms with Crippen LogP contribution in [0.3, 0.4) is 0 Å². The Balaban J connectivity index is 1.71.